The first-order valence-electron chi connectivity index (χ1n) is 10.5. The van der Waals surface area contributed by atoms with E-state index in [0.29, 0.717) is 28.3 Å². The van der Waals surface area contributed by atoms with Crippen LogP contribution >= 0.6 is 0 Å². The van der Waals surface area contributed by atoms with E-state index in [2.05, 4.69) is 10.6 Å². The molecule has 0 aliphatic heterocycles. The average molecular weight is 428 g/mol. The molecule has 1 saturated carbocycles. The monoisotopic (exact) mass is 427 g/mol. The van der Waals surface area contributed by atoms with Crippen molar-refractivity contribution in [1.82, 2.24) is 5.32 Å². The van der Waals surface area contributed by atoms with Crippen LogP contribution in [0.15, 0.2) is 72.8 Å². The van der Waals surface area contributed by atoms with Crippen molar-refractivity contribution in [3.8, 4) is 5.75 Å². The molecule has 0 radical (unpaired) electrons. The molecule has 1 aliphatic rings. The molecule has 0 heterocycles. The lowest BCUT2D eigenvalue weighted by molar-refractivity contribution is -0.115. The fraction of sp³-hybridized carbons (Fsp3) is 0.154. The summed E-state index contributed by atoms with van der Waals surface area (Å²) in [5.41, 5.74) is 9.59. The third-order valence-corrected chi connectivity index (χ3v) is 5.23. The molecular formula is C26H25N3O3. The number of para-hydroxylation sites is 2. The van der Waals surface area contributed by atoms with Crippen molar-refractivity contribution >= 4 is 34.8 Å². The summed E-state index contributed by atoms with van der Waals surface area (Å²) in [4.78, 5) is 25.5. The Balaban J connectivity index is 1.58. The van der Waals surface area contributed by atoms with Gasteiger partial charge in [0.2, 0.25) is 0 Å². The van der Waals surface area contributed by atoms with Crippen LogP contribution in [-0.4, -0.2) is 25.0 Å². The van der Waals surface area contributed by atoms with Crippen molar-refractivity contribution in [2.75, 3.05) is 18.2 Å². The van der Waals surface area contributed by atoms with Crippen LogP contribution in [0.2, 0.25) is 0 Å². The molecular weight excluding hydrogens is 402 g/mol. The van der Waals surface area contributed by atoms with Crippen LogP contribution in [0.5, 0.6) is 5.75 Å². The number of nitrogen functional groups attached to an aromatic ring is 1. The predicted octanol–water partition coefficient (Wildman–Crippen LogP) is 4.35. The Labute approximate surface area is 187 Å². The van der Waals surface area contributed by atoms with Gasteiger partial charge in [-0.25, -0.2) is 0 Å². The van der Waals surface area contributed by atoms with Crippen molar-refractivity contribution in [3.05, 3.63) is 89.5 Å². The molecule has 0 unspecified atom stereocenters. The maximum Gasteiger partial charge on any atom is 0.255 e. The number of hydrogen-bond donors (Lipinski definition) is 3. The Morgan fingerprint density at radius 1 is 0.969 bits per heavy atom. The minimum atomic E-state index is -0.252. The SMILES string of the molecule is COc1cccc(/C(=C/c2ccc(C(=O)Nc3ccccc3N)cc2)C(=O)NC2CC2)c1. The van der Waals surface area contributed by atoms with Gasteiger partial charge in [0, 0.05) is 17.2 Å². The molecule has 3 aromatic rings. The molecule has 4 rings (SSSR count). The zero-order valence-corrected chi connectivity index (χ0v) is 17.8. The summed E-state index contributed by atoms with van der Waals surface area (Å²) in [5, 5.41) is 5.86. The van der Waals surface area contributed by atoms with Crippen LogP contribution in [0.3, 0.4) is 0 Å². The summed E-state index contributed by atoms with van der Waals surface area (Å²) in [7, 11) is 1.60. The molecule has 162 valence electrons. The largest absolute Gasteiger partial charge is 0.497 e. The van der Waals surface area contributed by atoms with Gasteiger partial charge in [-0.15, -0.1) is 0 Å². The van der Waals surface area contributed by atoms with Crippen LogP contribution in [0.25, 0.3) is 11.6 Å². The lowest BCUT2D eigenvalue weighted by atomic mass is 10.0. The van der Waals surface area contributed by atoms with Crippen molar-refractivity contribution in [1.29, 1.82) is 0 Å². The van der Waals surface area contributed by atoms with E-state index >= 15 is 0 Å². The molecule has 0 aromatic heterocycles. The maximum atomic E-state index is 12.9. The van der Waals surface area contributed by atoms with Gasteiger partial charge in [-0.05, 0) is 66.4 Å². The van der Waals surface area contributed by atoms with Crippen LogP contribution in [0.1, 0.15) is 34.3 Å². The first kappa shape index (κ1) is 21.2. The molecule has 0 saturated heterocycles. The second-order valence-corrected chi connectivity index (χ2v) is 7.70. The zero-order chi connectivity index (χ0) is 22.5. The number of nitrogens with one attached hydrogen (secondary N) is 2. The number of methoxy groups -OCH3 is 1. The Bertz CT molecular complexity index is 1160. The molecule has 0 atom stereocenters. The molecule has 6 heteroatoms. The first-order valence-corrected chi connectivity index (χ1v) is 10.5. The molecule has 4 N–H and O–H groups in total. The van der Waals surface area contributed by atoms with Crippen LogP contribution in [0.4, 0.5) is 11.4 Å². The lowest BCUT2D eigenvalue weighted by Crippen LogP contribution is -2.26. The highest BCUT2D eigenvalue weighted by molar-refractivity contribution is 6.24. The van der Waals surface area contributed by atoms with E-state index in [9.17, 15) is 9.59 Å². The van der Waals surface area contributed by atoms with Crippen molar-refractivity contribution in [3.63, 3.8) is 0 Å². The van der Waals surface area contributed by atoms with Crippen LogP contribution < -0.4 is 21.1 Å². The quantitative estimate of drug-likeness (QED) is 0.297. The minimum absolute atomic E-state index is 0.123. The minimum Gasteiger partial charge on any atom is -0.497 e. The average Bonchev–Trinajstić information content (AvgIpc) is 3.63. The Morgan fingerprint density at radius 2 is 1.72 bits per heavy atom. The van der Waals surface area contributed by atoms with Gasteiger partial charge in [-0.1, -0.05) is 36.4 Å². The molecule has 0 bridgehead atoms. The van der Waals surface area contributed by atoms with E-state index in [4.69, 9.17) is 10.5 Å². The van der Waals surface area contributed by atoms with E-state index in [0.717, 1.165) is 24.0 Å². The molecule has 32 heavy (non-hydrogen) atoms. The van der Waals surface area contributed by atoms with Gasteiger partial charge in [0.1, 0.15) is 5.75 Å². The van der Waals surface area contributed by atoms with Crippen molar-refractivity contribution in [2.24, 2.45) is 0 Å². The summed E-state index contributed by atoms with van der Waals surface area (Å²) in [5.74, 6) is 0.305. The molecule has 1 aliphatic carbocycles. The molecule has 6 nitrogen and oxygen atoms in total. The highest BCUT2D eigenvalue weighted by Gasteiger charge is 2.25. The van der Waals surface area contributed by atoms with E-state index < -0.39 is 0 Å². The first-order chi connectivity index (χ1) is 15.5. The summed E-state index contributed by atoms with van der Waals surface area (Å²) in [6.45, 7) is 0. The third-order valence-electron chi connectivity index (χ3n) is 5.23. The second-order valence-electron chi connectivity index (χ2n) is 7.70. The van der Waals surface area contributed by atoms with Crippen LogP contribution in [0, 0.1) is 0 Å². The normalized spacial score (nSPS) is 13.3. The molecule has 0 spiro atoms. The van der Waals surface area contributed by atoms with Gasteiger partial charge in [0.05, 0.1) is 18.5 Å². The van der Waals surface area contributed by atoms with Gasteiger partial charge in [0.15, 0.2) is 0 Å². The van der Waals surface area contributed by atoms with E-state index in [1.807, 2.05) is 54.6 Å². The van der Waals surface area contributed by atoms with Crippen LogP contribution in [-0.2, 0) is 4.79 Å². The maximum absolute atomic E-state index is 12.9. The summed E-state index contributed by atoms with van der Waals surface area (Å²) in [6, 6.07) is 21.8. The van der Waals surface area contributed by atoms with E-state index in [1.165, 1.54) is 0 Å². The number of anilines is 2. The highest BCUT2D eigenvalue weighted by Crippen LogP contribution is 2.26. The number of amides is 2. The molecule has 2 amide bonds. The van der Waals surface area contributed by atoms with Gasteiger partial charge in [0.25, 0.3) is 11.8 Å². The Morgan fingerprint density at radius 3 is 2.41 bits per heavy atom. The van der Waals surface area contributed by atoms with Gasteiger partial charge in [-0.2, -0.15) is 0 Å². The highest BCUT2D eigenvalue weighted by atomic mass is 16.5. The Kier molecular flexibility index (Phi) is 6.22. The topological polar surface area (TPSA) is 93.4 Å². The number of carbonyl (C=O) groups excluding carboxylic acids is 2. The summed E-state index contributed by atoms with van der Waals surface area (Å²) in [6.07, 6.45) is 3.84. The van der Waals surface area contributed by atoms with E-state index in [-0.39, 0.29) is 17.9 Å². The van der Waals surface area contributed by atoms with E-state index in [1.54, 1.807) is 31.4 Å². The van der Waals surface area contributed by atoms with Crippen molar-refractivity contribution < 1.29 is 14.3 Å². The summed E-state index contributed by atoms with van der Waals surface area (Å²) < 4.78 is 5.32. The molecule has 3 aromatic carbocycles. The van der Waals surface area contributed by atoms with Gasteiger partial charge >= 0.3 is 0 Å². The fourth-order valence-corrected chi connectivity index (χ4v) is 3.26. The number of benzene rings is 3. The van der Waals surface area contributed by atoms with Gasteiger partial charge < -0.3 is 21.1 Å². The zero-order valence-electron chi connectivity index (χ0n) is 17.8. The second kappa shape index (κ2) is 9.39. The number of nitrogens with two attached hydrogens (primary N) is 1. The molecule has 1 fully saturated rings. The lowest BCUT2D eigenvalue weighted by Gasteiger charge is -2.11. The predicted molar refractivity (Wildman–Crippen MR) is 127 cm³/mol. The number of carbonyl (C=O) groups is 2. The van der Waals surface area contributed by atoms with Crippen molar-refractivity contribution in [2.45, 2.75) is 18.9 Å². The number of rotatable bonds is 7. The fourth-order valence-electron chi connectivity index (χ4n) is 3.26. The smallest absolute Gasteiger partial charge is 0.255 e. The number of hydrogen-bond acceptors (Lipinski definition) is 4. The standard InChI is InChI=1S/C26H25N3O3/c1-32-21-6-4-5-19(16-21)22(26(31)28-20-13-14-20)15-17-9-11-18(12-10-17)25(30)29-24-8-3-2-7-23(24)27/h2-12,15-16,20H,13-14,27H2,1H3,(H,28,31)(H,29,30)/b22-15-. The third kappa shape index (κ3) is 5.16. The van der Waals surface area contributed by atoms with Gasteiger partial charge in [-0.3, -0.25) is 9.59 Å². The Hall–Kier alpha value is -4.06. The number of ether oxygens (including phenoxy) is 1. The summed E-state index contributed by atoms with van der Waals surface area (Å²) >= 11 is 0.